The Kier molecular flexibility index (Phi) is 4.51. The average molecular weight is 346 g/mol. The van der Waals surface area contributed by atoms with Crippen LogP contribution in [0.15, 0.2) is 11.6 Å². The van der Waals surface area contributed by atoms with Crippen molar-refractivity contribution in [3.05, 3.63) is 11.6 Å². The van der Waals surface area contributed by atoms with Gasteiger partial charge in [-0.15, -0.1) is 11.6 Å². The summed E-state index contributed by atoms with van der Waals surface area (Å²) < 4.78 is 0. The van der Waals surface area contributed by atoms with Crippen LogP contribution in [0.1, 0.15) is 20.3 Å². The Bertz CT molecular complexity index is 240. The van der Waals surface area contributed by atoms with Gasteiger partial charge in [-0.25, -0.2) is 0 Å². The smallest absolute Gasteiger partial charge is 0.0775 e. The van der Waals surface area contributed by atoms with Gasteiger partial charge in [0.1, 0.15) is 0 Å². The summed E-state index contributed by atoms with van der Waals surface area (Å²) in [6, 6.07) is 0. The van der Waals surface area contributed by atoms with E-state index < -0.39 is 6.10 Å². The van der Waals surface area contributed by atoms with Crippen molar-refractivity contribution in [2.75, 3.05) is 5.33 Å². The highest BCUT2D eigenvalue weighted by Gasteiger charge is 2.44. The van der Waals surface area contributed by atoms with Crippen molar-refractivity contribution in [2.45, 2.75) is 36.6 Å². The highest BCUT2D eigenvalue weighted by Crippen LogP contribution is 2.45. The van der Waals surface area contributed by atoms with Gasteiger partial charge in [0.25, 0.3) is 0 Å². The molecule has 1 N–H and O–H groups in total. The standard InChI is InChI=1S/C10H15Br2ClO/c1-10(2)8(12)5-7(14)6(3-4-11)9(10)13/h3,7-9,14H,4-5H2,1-2H3. The van der Waals surface area contributed by atoms with Crippen LogP contribution in [0.3, 0.4) is 0 Å². The van der Waals surface area contributed by atoms with E-state index in [2.05, 4.69) is 45.7 Å². The molecular weight excluding hydrogens is 331 g/mol. The summed E-state index contributed by atoms with van der Waals surface area (Å²) >= 11 is 13.3. The first-order valence-electron chi connectivity index (χ1n) is 4.63. The number of aliphatic hydroxyl groups is 1. The molecule has 0 saturated heterocycles. The first-order valence-corrected chi connectivity index (χ1v) is 7.10. The Morgan fingerprint density at radius 1 is 1.64 bits per heavy atom. The monoisotopic (exact) mass is 344 g/mol. The normalized spacial score (nSPS) is 40.1. The molecular formula is C10H15Br2ClO. The molecule has 0 bridgehead atoms. The molecule has 0 aromatic heterocycles. The van der Waals surface area contributed by atoms with Crippen LogP contribution in [0.2, 0.25) is 0 Å². The van der Waals surface area contributed by atoms with Crippen molar-refractivity contribution in [1.29, 1.82) is 0 Å². The predicted molar refractivity (Wildman–Crippen MR) is 68.6 cm³/mol. The molecule has 1 aliphatic rings. The third kappa shape index (κ3) is 2.37. The number of aliphatic hydroxyl groups excluding tert-OH is 1. The Morgan fingerprint density at radius 3 is 2.71 bits per heavy atom. The lowest BCUT2D eigenvalue weighted by molar-refractivity contribution is 0.141. The minimum Gasteiger partial charge on any atom is -0.389 e. The largest absolute Gasteiger partial charge is 0.389 e. The van der Waals surface area contributed by atoms with Crippen LogP contribution in [0, 0.1) is 5.41 Å². The zero-order valence-corrected chi connectivity index (χ0v) is 12.2. The van der Waals surface area contributed by atoms with Gasteiger partial charge in [0.15, 0.2) is 0 Å². The zero-order valence-electron chi connectivity index (χ0n) is 8.30. The molecule has 1 rings (SSSR count). The van der Waals surface area contributed by atoms with Gasteiger partial charge in [-0.3, -0.25) is 0 Å². The summed E-state index contributed by atoms with van der Waals surface area (Å²) in [5, 5.41) is 10.5. The first-order chi connectivity index (χ1) is 6.41. The molecule has 0 spiro atoms. The van der Waals surface area contributed by atoms with E-state index in [1.165, 1.54) is 0 Å². The lowest BCUT2D eigenvalue weighted by Crippen LogP contribution is -2.45. The van der Waals surface area contributed by atoms with Gasteiger partial charge in [-0.2, -0.15) is 0 Å². The molecule has 0 heterocycles. The lowest BCUT2D eigenvalue weighted by atomic mass is 9.73. The summed E-state index contributed by atoms with van der Waals surface area (Å²) in [5.41, 5.74) is 0.929. The second kappa shape index (κ2) is 4.86. The Labute approximate surface area is 107 Å². The molecule has 14 heavy (non-hydrogen) atoms. The third-order valence-electron chi connectivity index (χ3n) is 2.88. The summed E-state index contributed by atoms with van der Waals surface area (Å²) in [6.45, 7) is 4.25. The maximum Gasteiger partial charge on any atom is 0.0775 e. The Hall–Kier alpha value is 0.950. The van der Waals surface area contributed by atoms with Gasteiger partial charge in [0.2, 0.25) is 0 Å². The van der Waals surface area contributed by atoms with Crippen LogP contribution in [0.25, 0.3) is 0 Å². The van der Waals surface area contributed by atoms with E-state index in [1.54, 1.807) is 0 Å². The molecule has 0 radical (unpaired) electrons. The lowest BCUT2D eigenvalue weighted by Gasteiger charge is -2.43. The Morgan fingerprint density at radius 2 is 2.21 bits per heavy atom. The molecule has 3 unspecified atom stereocenters. The van der Waals surface area contributed by atoms with E-state index in [4.69, 9.17) is 11.6 Å². The van der Waals surface area contributed by atoms with Crippen LogP contribution in [0.5, 0.6) is 0 Å². The van der Waals surface area contributed by atoms with Crippen LogP contribution >= 0.6 is 43.5 Å². The molecule has 1 nitrogen and oxygen atoms in total. The van der Waals surface area contributed by atoms with Crippen molar-refractivity contribution in [2.24, 2.45) is 5.41 Å². The second-order valence-corrected chi connectivity index (χ2v) is 6.45. The van der Waals surface area contributed by atoms with Crippen LogP contribution in [-0.4, -0.2) is 26.7 Å². The zero-order chi connectivity index (χ0) is 10.9. The summed E-state index contributed by atoms with van der Waals surface area (Å²) in [7, 11) is 0. The fourth-order valence-electron chi connectivity index (χ4n) is 1.72. The van der Waals surface area contributed by atoms with Crippen molar-refractivity contribution in [3.63, 3.8) is 0 Å². The summed E-state index contributed by atoms with van der Waals surface area (Å²) in [5.74, 6) is 0. The first kappa shape index (κ1) is 13.0. The van der Waals surface area contributed by atoms with Crippen LogP contribution in [0.4, 0.5) is 0 Å². The minimum absolute atomic E-state index is 0.0191. The molecule has 0 amide bonds. The van der Waals surface area contributed by atoms with Crippen molar-refractivity contribution >= 4 is 43.5 Å². The van der Waals surface area contributed by atoms with Crippen molar-refractivity contribution in [1.82, 2.24) is 0 Å². The van der Waals surface area contributed by atoms with Gasteiger partial charge in [-0.1, -0.05) is 51.8 Å². The number of hydrogen-bond acceptors (Lipinski definition) is 1. The highest BCUT2D eigenvalue weighted by molar-refractivity contribution is 9.09. The number of alkyl halides is 3. The molecule has 1 saturated carbocycles. The van der Waals surface area contributed by atoms with Crippen molar-refractivity contribution in [3.8, 4) is 0 Å². The second-order valence-electron chi connectivity index (χ2n) is 4.26. The fourth-order valence-corrected chi connectivity index (χ4v) is 3.25. The van der Waals surface area contributed by atoms with Crippen LogP contribution < -0.4 is 0 Å². The molecule has 82 valence electrons. The van der Waals surface area contributed by atoms with Gasteiger partial charge in [0, 0.05) is 10.2 Å². The molecule has 4 heteroatoms. The topological polar surface area (TPSA) is 20.2 Å². The van der Waals surface area contributed by atoms with Gasteiger partial charge >= 0.3 is 0 Å². The predicted octanol–water partition coefficient (Wildman–Crippen LogP) is 3.47. The summed E-state index contributed by atoms with van der Waals surface area (Å²) in [6.07, 6.45) is 2.30. The quantitative estimate of drug-likeness (QED) is 0.569. The van der Waals surface area contributed by atoms with Crippen LogP contribution in [-0.2, 0) is 0 Å². The average Bonchev–Trinajstić information content (AvgIpc) is 2.10. The number of hydrogen-bond donors (Lipinski definition) is 1. The van der Waals surface area contributed by atoms with E-state index in [0.29, 0.717) is 0 Å². The fraction of sp³-hybridized carbons (Fsp3) is 0.800. The number of halogens is 3. The number of rotatable bonds is 1. The van der Waals surface area contributed by atoms with Gasteiger partial charge < -0.3 is 5.11 Å². The molecule has 3 atom stereocenters. The molecule has 0 aliphatic heterocycles. The van der Waals surface area contributed by atoms with Gasteiger partial charge in [-0.05, 0) is 17.4 Å². The third-order valence-corrected chi connectivity index (χ3v) is 5.57. The molecule has 1 aliphatic carbocycles. The SMILES string of the molecule is CC1(C)C(Br)CC(O)C(=CCBr)C1Cl. The summed E-state index contributed by atoms with van der Waals surface area (Å²) in [4.78, 5) is 0.264. The van der Waals surface area contributed by atoms with E-state index >= 15 is 0 Å². The minimum atomic E-state index is -0.410. The maximum atomic E-state index is 9.87. The van der Waals surface area contributed by atoms with E-state index in [1.807, 2.05) is 6.08 Å². The number of allylic oxidation sites excluding steroid dienone is 1. The van der Waals surface area contributed by atoms with Gasteiger partial charge in [0.05, 0.1) is 11.5 Å². The maximum absolute atomic E-state index is 9.87. The Balaban J connectivity index is 2.95. The van der Waals surface area contributed by atoms with E-state index in [9.17, 15) is 5.11 Å². The van der Waals surface area contributed by atoms with E-state index in [0.717, 1.165) is 17.3 Å². The molecule has 0 aromatic rings. The van der Waals surface area contributed by atoms with E-state index in [-0.39, 0.29) is 15.6 Å². The molecule has 0 aromatic carbocycles. The highest BCUT2D eigenvalue weighted by atomic mass is 79.9. The van der Waals surface area contributed by atoms with Crippen molar-refractivity contribution < 1.29 is 5.11 Å². The molecule has 1 fully saturated rings.